The molecule has 0 aromatic heterocycles. The maximum absolute atomic E-state index is 2.41. The first kappa shape index (κ1) is 34.8. The molecule has 2 nitrogen and oxygen atoms in total. The minimum absolute atomic E-state index is 0. The summed E-state index contributed by atoms with van der Waals surface area (Å²) < 4.78 is 0. The lowest BCUT2D eigenvalue weighted by Gasteiger charge is -2.29. The van der Waals surface area contributed by atoms with Gasteiger partial charge in [0.2, 0.25) is 0 Å². The molecule has 10 rings (SSSR count). The molecule has 1 aliphatic rings. The summed E-state index contributed by atoms with van der Waals surface area (Å²) in [7, 11) is 0. The molecule has 270 valence electrons. The summed E-state index contributed by atoms with van der Waals surface area (Å²) >= 11 is 0. The van der Waals surface area contributed by atoms with Crippen LogP contribution in [0.1, 0.15) is 32.4 Å². The van der Waals surface area contributed by atoms with E-state index < -0.39 is 0 Å². The van der Waals surface area contributed by atoms with Crippen molar-refractivity contribution in [2.75, 3.05) is 9.80 Å². The third-order valence-electron chi connectivity index (χ3n) is 11.4. The SMILES string of the molecule is C.CC1(C)c2ccccc2-c2ccc(N(c3ccccc3)c3ccc(-c4ccc(N(c5ccccc5)c5cccc6ccccc56)c5ccccc45)cc3)cc21. The van der Waals surface area contributed by atoms with Gasteiger partial charge in [0, 0.05) is 38.9 Å². The predicted molar refractivity (Wildman–Crippen MR) is 241 cm³/mol. The van der Waals surface area contributed by atoms with Gasteiger partial charge in [-0.1, -0.05) is 167 Å². The van der Waals surface area contributed by atoms with Crippen molar-refractivity contribution in [1.82, 2.24) is 0 Å². The second kappa shape index (κ2) is 14.1. The van der Waals surface area contributed by atoms with Crippen LogP contribution >= 0.6 is 0 Å². The van der Waals surface area contributed by atoms with Crippen LogP contribution < -0.4 is 9.80 Å². The van der Waals surface area contributed by atoms with Crippen molar-refractivity contribution >= 4 is 55.7 Å². The average Bonchev–Trinajstić information content (AvgIpc) is 3.47. The van der Waals surface area contributed by atoms with E-state index in [4.69, 9.17) is 0 Å². The maximum Gasteiger partial charge on any atom is 0.0540 e. The van der Waals surface area contributed by atoms with Gasteiger partial charge in [0.15, 0.2) is 0 Å². The van der Waals surface area contributed by atoms with Gasteiger partial charge in [-0.05, 0) is 105 Å². The van der Waals surface area contributed by atoms with Gasteiger partial charge >= 0.3 is 0 Å². The molecule has 56 heavy (non-hydrogen) atoms. The minimum Gasteiger partial charge on any atom is -0.310 e. The zero-order valence-corrected chi connectivity index (χ0v) is 31.0. The van der Waals surface area contributed by atoms with E-state index in [1.807, 2.05) is 0 Å². The van der Waals surface area contributed by atoms with E-state index in [0.717, 1.165) is 34.1 Å². The topological polar surface area (TPSA) is 6.48 Å². The van der Waals surface area contributed by atoms with E-state index in [2.05, 4.69) is 230 Å². The van der Waals surface area contributed by atoms with Crippen LogP contribution in [0, 0.1) is 0 Å². The molecule has 0 fully saturated rings. The first-order valence-corrected chi connectivity index (χ1v) is 19.1. The molecule has 0 saturated carbocycles. The zero-order valence-electron chi connectivity index (χ0n) is 31.0. The van der Waals surface area contributed by atoms with Crippen molar-refractivity contribution in [3.63, 3.8) is 0 Å². The standard InChI is InChI=1S/C53H40N2.CH4/c1-53(2)49-26-14-13-24-46(49)47-33-32-42(36-50(47)53)54(39-18-5-3-6-19-39)41-30-28-38(29-31-41)43-34-35-52(48-25-12-11-23-45(43)48)55(40-20-7-4-8-21-40)51-27-15-17-37-16-9-10-22-44(37)51;/h3-36H,1-2H3;1H4. The summed E-state index contributed by atoms with van der Waals surface area (Å²) in [5, 5.41) is 4.86. The Morgan fingerprint density at radius 2 is 0.857 bits per heavy atom. The van der Waals surface area contributed by atoms with Gasteiger partial charge < -0.3 is 9.80 Å². The molecule has 0 heterocycles. The van der Waals surface area contributed by atoms with Gasteiger partial charge in [0.25, 0.3) is 0 Å². The van der Waals surface area contributed by atoms with Crippen molar-refractivity contribution in [3.8, 4) is 22.3 Å². The Hall–Kier alpha value is -6.90. The molecule has 9 aromatic rings. The second-order valence-corrected chi connectivity index (χ2v) is 15.0. The monoisotopic (exact) mass is 720 g/mol. The lowest BCUT2D eigenvalue weighted by molar-refractivity contribution is 0.660. The summed E-state index contributed by atoms with van der Waals surface area (Å²) in [6, 6.07) is 75.0. The average molecular weight is 721 g/mol. The van der Waals surface area contributed by atoms with E-state index in [-0.39, 0.29) is 12.8 Å². The summed E-state index contributed by atoms with van der Waals surface area (Å²) in [6.45, 7) is 4.69. The third kappa shape index (κ3) is 5.74. The first-order valence-electron chi connectivity index (χ1n) is 19.1. The van der Waals surface area contributed by atoms with E-state index in [9.17, 15) is 0 Å². The lowest BCUT2D eigenvalue weighted by Crippen LogP contribution is -2.16. The van der Waals surface area contributed by atoms with E-state index in [1.54, 1.807) is 0 Å². The normalized spacial score (nSPS) is 12.5. The first-order chi connectivity index (χ1) is 27.1. The Kier molecular flexibility index (Phi) is 8.75. The Balaban J connectivity index is 0.00000410. The molecule has 0 spiro atoms. The highest BCUT2D eigenvalue weighted by molar-refractivity contribution is 6.09. The van der Waals surface area contributed by atoms with Crippen LogP contribution in [0.4, 0.5) is 34.1 Å². The van der Waals surface area contributed by atoms with E-state index >= 15 is 0 Å². The molecule has 0 N–H and O–H groups in total. The molecular formula is C54H44N2. The molecule has 0 amide bonds. The fraction of sp³-hybridized carbons (Fsp3) is 0.0741. The van der Waals surface area contributed by atoms with Crippen LogP contribution in [-0.4, -0.2) is 0 Å². The number of rotatable bonds is 7. The second-order valence-electron chi connectivity index (χ2n) is 15.0. The van der Waals surface area contributed by atoms with Crippen molar-refractivity contribution in [1.29, 1.82) is 0 Å². The number of hydrogen-bond acceptors (Lipinski definition) is 2. The number of nitrogens with zero attached hydrogens (tertiary/aromatic N) is 2. The number of fused-ring (bicyclic) bond motifs is 5. The van der Waals surface area contributed by atoms with Crippen LogP contribution in [-0.2, 0) is 5.41 Å². The summed E-state index contributed by atoms with van der Waals surface area (Å²) in [5.74, 6) is 0. The Labute approximate surface area is 330 Å². The minimum atomic E-state index is -0.0783. The highest BCUT2D eigenvalue weighted by atomic mass is 15.1. The van der Waals surface area contributed by atoms with Gasteiger partial charge in [0.1, 0.15) is 0 Å². The maximum atomic E-state index is 2.41. The van der Waals surface area contributed by atoms with Crippen LogP contribution in [0.15, 0.2) is 206 Å². The summed E-state index contributed by atoms with van der Waals surface area (Å²) in [6.07, 6.45) is 0. The molecule has 1 aliphatic carbocycles. The van der Waals surface area contributed by atoms with Gasteiger partial charge in [-0.25, -0.2) is 0 Å². The van der Waals surface area contributed by atoms with Crippen molar-refractivity contribution in [2.24, 2.45) is 0 Å². The highest BCUT2D eigenvalue weighted by Gasteiger charge is 2.35. The van der Waals surface area contributed by atoms with Crippen molar-refractivity contribution in [2.45, 2.75) is 26.7 Å². The molecule has 0 unspecified atom stereocenters. The quantitative estimate of drug-likeness (QED) is 0.162. The molecule has 0 atom stereocenters. The zero-order chi connectivity index (χ0) is 36.9. The van der Waals surface area contributed by atoms with E-state index in [1.165, 1.54) is 54.9 Å². The van der Waals surface area contributed by atoms with Gasteiger partial charge in [-0.3, -0.25) is 0 Å². The van der Waals surface area contributed by atoms with Crippen molar-refractivity contribution in [3.05, 3.63) is 217 Å². The Bertz CT molecular complexity index is 2830. The van der Waals surface area contributed by atoms with Crippen LogP contribution in [0.5, 0.6) is 0 Å². The highest BCUT2D eigenvalue weighted by Crippen LogP contribution is 2.51. The van der Waals surface area contributed by atoms with Crippen LogP contribution in [0.3, 0.4) is 0 Å². The van der Waals surface area contributed by atoms with E-state index in [0.29, 0.717) is 0 Å². The lowest BCUT2D eigenvalue weighted by atomic mass is 9.82. The van der Waals surface area contributed by atoms with Gasteiger partial charge in [-0.15, -0.1) is 0 Å². The molecule has 0 aliphatic heterocycles. The Morgan fingerprint density at radius 1 is 0.339 bits per heavy atom. The molecule has 0 radical (unpaired) electrons. The number of hydrogen-bond donors (Lipinski definition) is 0. The summed E-state index contributed by atoms with van der Waals surface area (Å²) in [5.41, 5.74) is 14.6. The fourth-order valence-electron chi connectivity index (χ4n) is 8.76. The molecule has 0 bridgehead atoms. The fourth-order valence-corrected chi connectivity index (χ4v) is 8.76. The number of benzene rings is 9. The van der Waals surface area contributed by atoms with Gasteiger partial charge in [0.05, 0.1) is 11.4 Å². The smallest absolute Gasteiger partial charge is 0.0540 e. The summed E-state index contributed by atoms with van der Waals surface area (Å²) in [4.78, 5) is 4.79. The number of anilines is 6. The largest absolute Gasteiger partial charge is 0.310 e. The van der Waals surface area contributed by atoms with Crippen LogP contribution in [0.2, 0.25) is 0 Å². The van der Waals surface area contributed by atoms with Crippen LogP contribution in [0.25, 0.3) is 43.8 Å². The molecular weight excluding hydrogens is 677 g/mol. The third-order valence-corrected chi connectivity index (χ3v) is 11.4. The molecule has 2 heteroatoms. The predicted octanol–water partition coefficient (Wildman–Crippen LogP) is 15.5. The Morgan fingerprint density at radius 3 is 1.61 bits per heavy atom. The van der Waals surface area contributed by atoms with Gasteiger partial charge in [-0.2, -0.15) is 0 Å². The van der Waals surface area contributed by atoms with Crippen molar-refractivity contribution < 1.29 is 0 Å². The number of para-hydroxylation sites is 2. The molecule has 0 saturated heterocycles. The molecule has 9 aromatic carbocycles.